The molecule has 2 aromatic carbocycles. The van der Waals surface area contributed by atoms with E-state index in [1.54, 1.807) is 32.4 Å². The Bertz CT molecular complexity index is 872. The van der Waals surface area contributed by atoms with Crippen LogP contribution in [-0.4, -0.2) is 41.5 Å². The van der Waals surface area contributed by atoms with Gasteiger partial charge in [-0.15, -0.1) is 0 Å². The lowest BCUT2D eigenvalue weighted by Crippen LogP contribution is -2.08. The quantitative estimate of drug-likeness (QED) is 0.558. The van der Waals surface area contributed by atoms with Gasteiger partial charge in [0.15, 0.2) is 23.0 Å². The Morgan fingerprint density at radius 3 is 2.00 bits per heavy atom. The van der Waals surface area contributed by atoms with Gasteiger partial charge in [0.05, 0.1) is 40.0 Å². The predicted molar refractivity (Wildman–Crippen MR) is 115 cm³/mol. The first-order valence-corrected chi connectivity index (χ1v) is 9.45. The number of rotatable bonds is 9. The average Bonchev–Trinajstić information content (AvgIpc) is 2.73. The largest absolute Gasteiger partial charge is 0.493 e. The number of ether oxygens (including phenoxy) is 5. The van der Waals surface area contributed by atoms with Gasteiger partial charge in [-0.2, -0.15) is 0 Å². The smallest absolute Gasteiger partial charge is 0.248 e. The van der Waals surface area contributed by atoms with E-state index in [0.717, 1.165) is 10.0 Å². The molecule has 2 aromatic rings. The number of amides is 1. The van der Waals surface area contributed by atoms with Crippen molar-refractivity contribution in [2.75, 3.05) is 40.9 Å². The van der Waals surface area contributed by atoms with Crippen molar-refractivity contribution in [2.45, 2.75) is 6.42 Å². The third kappa shape index (κ3) is 5.35. The third-order valence-corrected chi connectivity index (χ3v) is 4.97. The molecule has 0 radical (unpaired) electrons. The summed E-state index contributed by atoms with van der Waals surface area (Å²) in [5.41, 5.74) is 1.49. The lowest BCUT2D eigenvalue weighted by Gasteiger charge is -2.14. The van der Waals surface area contributed by atoms with Gasteiger partial charge in [0.25, 0.3) is 0 Å². The van der Waals surface area contributed by atoms with Gasteiger partial charge in [0, 0.05) is 17.8 Å². The van der Waals surface area contributed by atoms with Gasteiger partial charge in [0.1, 0.15) is 0 Å². The van der Waals surface area contributed by atoms with Crippen molar-refractivity contribution < 1.29 is 28.5 Å². The topological polar surface area (TPSA) is 75.3 Å². The number of benzene rings is 2. The van der Waals surface area contributed by atoms with Crippen LogP contribution in [0, 0.1) is 0 Å². The van der Waals surface area contributed by atoms with Crippen LogP contribution in [-0.2, 0) is 11.2 Å². The second-order valence-electron chi connectivity index (χ2n) is 5.78. The summed E-state index contributed by atoms with van der Waals surface area (Å²) in [5.74, 6) is 2.34. The zero-order chi connectivity index (χ0) is 21.4. The number of halogens is 1. The molecule has 0 aliphatic heterocycles. The second kappa shape index (κ2) is 10.6. The Morgan fingerprint density at radius 1 is 0.897 bits per heavy atom. The van der Waals surface area contributed by atoms with Gasteiger partial charge in [0.2, 0.25) is 11.7 Å². The normalized spacial score (nSPS) is 10.6. The van der Waals surface area contributed by atoms with Gasteiger partial charge in [-0.05, 0) is 40.1 Å². The van der Waals surface area contributed by atoms with E-state index in [-0.39, 0.29) is 5.91 Å². The molecule has 0 spiro atoms. The Kier molecular flexibility index (Phi) is 8.21. The summed E-state index contributed by atoms with van der Waals surface area (Å²) in [5, 5.41) is 2.79. The number of nitrogens with one attached hydrogen (secondary N) is 1. The molecule has 29 heavy (non-hydrogen) atoms. The van der Waals surface area contributed by atoms with E-state index >= 15 is 0 Å². The lowest BCUT2D eigenvalue weighted by molar-refractivity contribution is -0.111. The zero-order valence-electron chi connectivity index (χ0n) is 17.0. The molecular formula is C21H24BrNO6. The van der Waals surface area contributed by atoms with Gasteiger partial charge in [-0.1, -0.05) is 12.1 Å². The van der Waals surface area contributed by atoms with Crippen molar-refractivity contribution in [3.05, 3.63) is 46.5 Å². The van der Waals surface area contributed by atoms with Crippen molar-refractivity contribution in [1.82, 2.24) is 0 Å². The maximum Gasteiger partial charge on any atom is 0.248 e. The van der Waals surface area contributed by atoms with Crippen LogP contribution in [0.3, 0.4) is 0 Å². The first-order chi connectivity index (χ1) is 14.0. The van der Waals surface area contributed by atoms with Crippen LogP contribution in [0.2, 0.25) is 0 Å². The molecule has 156 valence electrons. The highest BCUT2D eigenvalue weighted by atomic mass is 79.9. The van der Waals surface area contributed by atoms with Crippen molar-refractivity contribution >= 4 is 27.5 Å². The van der Waals surface area contributed by atoms with Crippen LogP contribution in [0.4, 0.5) is 5.69 Å². The minimum absolute atomic E-state index is 0.282. The van der Waals surface area contributed by atoms with E-state index in [1.165, 1.54) is 27.4 Å². The number of anilines is 1. The van der Waals surface area contributed by atoms with Gasteiger partial charge < -0.3 is 29.0 Å². The van der Waals surface area contributed by atoms with E-state index in [1.807, 2.05) is 12.1 Å². The summed E-state index contributed by atoms with van der Waals surface area (Å²) in [4.78, 5) is 12.3. The fourth-order valence-corrected chi connectivity index (χ4v) is 3.37. The monoisotopic (exact) mass is 465 g/mol. The molecule has 1 N–H and O–H groups in total. The molecule has 0 atom stereocenters. The maximum absolute atomic E-state index is 12.3. The molecule has 0 fully saturated rings. The third-order valence-electron chi connectivity index (χ3n) is 4.10. The molecule has 0 heterocycles. The molecular weight excluding hydrogens is 442 g/mol. The minimum Gasteiger partial charge on any atom is -0.493 e. The summed E-state index contributed by atoms with van der Waals surface area (Å²) in [7, 11) is 7.71. The van der Waals surface area contributed by atoms with Crippen LogP contribution in [0.5, 0.6) is 28.7 Å². The van der Waals surface area contributed by atoms with E-state index in [9.17, 15) is 4.79 Å². The highest BCUT2D eigenvalue weighted by Gasteiger charge is 2.14. The Morgan fingerprint density at radius 2 is 1.48 bits per heavy atom. The van der Waals surface area contributed by atoms with E-state index in [4.69, 9.17) is 23.7 Å². The van der Waals surface area contributed by atoms with Crippen LogP contribution in [0.1, 0.15) is 5.56 Å². The van der Waals surface area contributed by atoms with Crippen LogP contribution < -0.4 is 29.0 Å². The fourth-order valence-electron chi connectivity index (χ4n) is 2.72. The summed E-state index contributed by atoms with van der Waals surface area (Å²) in [6, 6.07) is 7.06. The van der Waals surface area contributed by atoms with Gasteiger partial charge >= 0.3 is 0 Å². The predicted octanol–water partition coefficient (Wildman–Crippen LogP) is 4.23. The summed E-state index contributed by atoms with van der Waals surface area (Å²) < 4.78 is 27.3. The number of methoxy groups -OCH3 is 5. The van der Waals surface area contributed by atoms with E-state index < -0.39 is 0 Å². The minimum atomic E-state index is -0.282. The highest BCUT2D eigenvalue weighted by molar-refractivity contribution is 9.10. The first kappa shape index (κ1) is 22.4. The highest BCUT2D eigenvalue weighted by Crippen LogP contribution is 2.40. The van der Waals surface area contributed by atoms with Gasteiger partial charge in [-0.25, -0.2) is 0 Å². The van der Waals surface area contributed by atoms with Crippen LogP contribution in [0.25, 0.3) is 0 Å². The number of hydrogen-bond acceptors (Lipinski definition) is 6. The molecule has 0 bridgehead atoms. The Hall–Kier alpha value is -2.87. The number of carbonyl (C=O) groups is 1. The summed E-state index contributed by atoms with van der Waals surface area (Å²) in [6.45, 7) is 0. The van der Waals surface area contributed by atoms with Crippen molar-refractivity contribution in [3.8, 4) is 28.7 Å². The number of allylic oxidation sites excluding steroid dienone is 1. The van der Waals surface area contributed by atoms with Crippen molar-refractivity contribution in [2.24, 2.45) is 0 Å². The first-order valence-electron chi connectivity index (χ1n) is 8.65. The van der Waals surface area contributed by atoms with Crippen LogP contribution >= 0.6 is 15.9 Å². The number of carbonyl (C=O) groups excluding carboxylic acids is 1. The van der Waals surface area contributed by atoms with E-state index in [0.29, 0.717) is 40.9 Å². The van der Waals surface area contributed by atoms with E-state index in [2.05, 4.69) is 21.2 Å². The molecule has 0 aliphatic rings. The molecule has 0 saturated carbocycles. The average molecular weight is 466 g/mol. The van der Waals surface area contributed by atoms with Crippen molar-refractivity contribution in [1.29, 1.82) is 0 Å². The van der Waals surface area contributed by atoms with Crippen LogP contribution in [0.15, 0.2) is 40.9 Å². The number of hydrogen-bond donors (Lipinski definition) is 1. The molecule has 0 saturated heterocycles. The molecule has 8 heteroatoms. The van der Waals surface area contributed by atoms with Gasteiger partial charge in [-0.3, -0.25) is 4.79 Å². The molecule has 0 unspecified atom stereocenters. The SMILES string of the molecule is COc1cc(NC(=O)C=CCc2ccc(OC)c(OC)c2Br)cc(OC)c1OC. The lowest BCUT2D eigenvalue weighted by atomic mass is 10.1. The summed E-state index contributed by atoms with van der Waals surface area (Å²) >= 11 is 3.52. The fraction of sp³-hybridized carbons (Fsp3) is 0.286. The molecule has 2 rings (SSSR count). The zero-order valence-corrected chi connectivity index (χ0v) is 18.6. The molecule has 0 aliphatic carbocycles. The second-order valence-corrected chi connectivity index (χ2v) is 6.58. The maximum atomic E-state index is 12.3. The standard InChI is InChI=1S/C21H24BrNO6/c1-25-15-10-9-13(19(22)21(15)29-5)7-6-8-18(24)23-14-11-16(26-2)20(28-4)17(12-14)27-3/h6,8-12H,7H2,1-5H3,(H,23,24). The van der Waals surface area contributed by atoms with Crippen molar-refractivity contribution in [3.63, 3.8) is 0 Å². The molecule has 0 aromatic heterocycles. The molecule has 7 nitrogen and oxygen atoms in total. The Balaban J connectivity index is 2.11. The molecule has 1 amide bonds. The summed E-state index contributed by atoms with van der Waals surface area (Å²) in [6.07, 6.45) is 3.76. The Labute approximate surface area is 178 Å².